The van der Waals surface area contributed by atoms with Gasteiger partial charge in [0, 0.05) is 5.56 Å². The van der Waals surface area contributed by atoms with Gasteiger partial charge in [-0.15, -0.1) is 0 Å². The van der Waals surface area contributed by atoms with E-state index >= 15 is 0 Å². The minimum atomic E-state index is -0.289. The summed E-state index contributed by atoms with van der Waals surface area (Å²) in [6.45, 7) is 2.62. The first-order chi connectivity index (χ1) is 15.2. The van der Waals surface area contributed by atoms with Gasteiger partial charge in [0.2, 0.25) is 0 Å². The van der Waals surface area contributed by atoms with Crippen LogP contribution in [0.15, 0.2) is 54.8 Å². The number of hydrogen-bond acceptors (Lipinski definition) is 6. The fourth-order valence-corrected chi connectivity index (χ4v) is 3.39. The summed E-state index contributed by atoms with van der Waals surface area (Å²) in [5.74, 6) is 1.21. The Morgan fingerprint density at radius 3 is 2.58 bits per heavy atom. The molecule has 0 heterocycles. The third-order valence-corrected chi connectivity index (χ3v) is 5.05. The van der Waals surface area contributed by atoms with Crippen LogP contribution in [0.5, 0.6) is 11.5 Å². The van der Waals surface area contributed by atoms with E-state index in [0.717, 1.165) is 36.1 Å². The zero-order valence-corrected chi connectivity index (χ0v) is 18.3. The Labute approximate surface area is 184 Å². The van der Waals surface area contributed by atoms with E-state index in [2.05, 4.69) is 5.48 Å². The maximum Gasteiger partial charge on any atom is 0.309 e. The standard InChI is InChI=1S/C25H31NO5/c1-3-15-30-26-24(18-29-23-10-6-7-19(16-23)17-25(27)28-2)20-11-13-22(14-12-20)31-21-8-4-5-9-21/h6-7,10-14,16,18,21,26H,3-5,8-9,15,17H2,1-2H3. The molecular formula is C25H31NO5. The second-order valence-electron chi connectivity index (χ2n) is 7.55. The lowest BCUT2D eigenvalue weighted by Crippen LogP contribution is -2.15. The Balaban J connectivity index is 1.70. The van der Waals surface area contributed by atoms with E-state index in [-0.39, 0.29) is 12.4 Å². The van der Waals surface area contributed by atoms with Gasteiger partial charge >= 0.3 is 5.97 Å². The minimum absolute atomic E-state index is 0.199. The molecule has 6 heteroatoms. The number of nitrogens with one attached hydrogen (secondary N) is 1. The van der Waals surface area contributed by atoms with Crippen molar-refractivity contribution >= 4 is 11.7 Å². The molecule has 1 N–H and O–H groups in total. The highest BCUT2D eigenvalue weighted by atomic mass is 16.6. The number of benzene rings is 2. The van der Waals surface area contributed by atoms with Crippen LogP contribution in [0.2, 0.25) is 0 Å². The quantitative estimate of drug-likeness (QED) is 0.236. The normalized spacial score (nSPS) is 14.3. The van der Waals surface area contributed by atoms with Crippen molar-refractivity contribution in [2.24, 2.45) is 0 Å². The molecule has 0 aliphatic heterocycles. The Morgan fingerprint density at radius 1 is 1.10 bits per heavy atom. The Hall–Kier alpha value is -2.99. The Morgan fingerprint density at radius 2 is 1.87 bits per heavy atom. The molecule has 1 aliphatic rings. The first kappa shape index (κ1) is 22.7. The Bertz CT molecular complexity index is 856. The predicted octanol–water partition coefficient (Wildman–Crippen LogP) is 5.03. The van der Waals surface area contributed by atoms with Gasteiger partial charge in [0.05, 0.1) is 26.2 Å². The van der Waals surface area contributed by atoms with E-state index in [9.17, 15) is 4.79 Å². The van der Waals surface area contributed by atoms with Crippen molar-refractivity contribution in [3.05, 3.63) is 65.9 Å². The molecule has 0 saturated heterocycles. The number of ether oxygens (including phenoxy) is 3. The average Bonchev–Trinajstić information content (AvgIpc) is 3.30. The maximum atomic E-state index is 11.5. The van der Waals surface area contributed by atoms with Gasteiger partial charge in [0.15, 0.2) is 0 Å². The molecule has 2 aromatic carbocycles. The van der Waals surface area contributed by atoms with E-state index in [1.165, 1.54) is 20.0 Å². The van der Waals surface area contributed by atoms with Crippen molar-refractivity contribution in [2.45, 2.75) is 51.6 Å². The molecule has 1 aliphatic carbocycles. The molecule has 0 amide bonds. The summed E-state index contributed by atoms with van der Waals surface area (Å²) in [4.78, 5) is 17.0. The number of hydroxylamine groups is 1. The largest absolute Gasteiger partial charge is 0.490 e. The second kappa shape index (κ2) is 12.0. The zero-order chi connectivity index (χ0) is 21.9. The molecule has 0 unspecified atom stereocenters. The molecular weight excluding hydrogens is 394 g/mol. The van der Waals surface area contributed by atoms with Crippen LogP contribution in [-0.2, 0) is 20.8 Å². The molecule has 0 aromatic heterocycles. The number of methoxy groups -OCH3 is 1. The lowest BCUT2D eigenvalue weighted by molar-refractivity contribution is -0.139. The van der Waals surface area contributed by atoms with Crippen LogP contribution in [0, 0.1) is 0 Å². The predicted molar refractivity (Wildman–Crippen MR) is 119 cm³/mol. The average molecular weight is 426 g/mol. The van der Waals surface area contributed by atoms with Crippen molar-refractivity contribution in [1.82, 2.24) is 5.48 Å². The summed E-state index contributed by atoms with van der Waals surface area (Å²) >= 11 is 0. The molecule has 1 fully saturated rings. The summed E-state index contributed by atoms with van der Waals surface area (Å²) in [6, 6.07) is 15.3. The smallest absolute Gasteiger partial charge is 0.309 e. The topological polar surface area (TPSA) is 66.0 Å². The van der Waals surface area contributed by atoms with Crippen LogP contribution < -0.4 is 15.0 Å². The molecule has 31 heavy (non-hydrogen) atoms. The monoisotopic (exact) mass is 425 g/mol. The van der Waals surface area contributed by atoms with Gasteiger partial charge in [0.1, 0.15) is 23.5 Å². The lowest BCUT2D eigenvalue weighted by atomic mass is 10.1. The molecule has 0 atom stereocenters. The summed E-state index contributed by atoms with van der Waals surface area (Å²) in [7, 11) is 1.38. The number of carbonyl (C=O) groups excluding carboxylic acids is 1. The van der Waals surface area contributed by atoms with Gasteiger partial charge in [-0.1, -0.05) is 19.1 Å². The maximum absolute atomic E-state index is 11.5. The van der Waals surface area contributed by atoms with Gasteiger partial charge in [-0.3, -0.25) is 15.1 Å². The van der Waals surface area contributed by atoms with Crippen LogP contribution >= 0.6 is 0 Å². The SMILES string of the molecule is CCCONC(=COc1cccc(CC(=O)OC)c1)c1ccc(OC2CCCC2)cc1. The van der Waals surface area contributed by atoms with Crippen molar-refractivity contribution < 1.29 is 23.8 Å². The zero-order valence-electron chi connectivity index (χ0n) is 18.3. The molecule has 0 radical (unpaired) electrons. The van der Waals surface area contributed by atoms with Crippen LogP contribution in [0.3, 0.4) is 0 Å². The first-order valence-electron chi connectivity index (χ1n) is 10.9. The highest BCUT2D eigenvalue weighted by Crippen LogP contribution is 2.25. The van der Waals surface area contributed by atoms with E-state index in [4.69, 9.17) is 19.0 Å². The summed E-state index contributed by atoms with van der Waals surface area (Å²) in [5, 5.41) is 0. The molecule has 166 valence electrons. The van der Waals surface area contributed by atoms with Crippen LogP contribution in [0.1, 0.15) is 50.2 Å². The van der Waals surface area contributed by atoms with E-state index < -0.39 is 0 Å². The third kappa shape index (κ3) is 7.33. The van der Waals surface area contributed by atoms with E-state index in [1.54, 1.807) is 6.26 Å². The number of esters is 1. The summed E-state index contributed by atoms with van der Waals surface area (Å²) in [6.07, 6.45) is 7.77. The lowest BCUT2D eigenvalue weighted by Gasteiger charge is -2.15. The van der Waals surface area contributed by atoms with Crippen molar-refractivity contribution in [3.63, 3.8) is 0 Å². The molecule has 1 saturated carbocycles. The van der Waals surface area contributed by atoms with Gasteiger partial charge < -0.3 is 14.2 Å². The summed E-state index contributed by atoms with van der Waals surface area (Å²) < 4.78 is 16.6. The van der Waals surface area contributed by atoms with E-state index in [1.807, 2.05) is 55.5 Å². The first-order valence-corrected chi connectivity index (χ1v) is 10.9. The second-order valence-corrected chi connectivity index (χ2v) is 7.55. The number of hydrogen-bond donors (Lipinski definition) is 1. The van der Waals surface area contributed by atoms with Gasteiger partial charge in [-0.05, 0) is 74.1 Å². The van der Waals surface area contributed by atoms with Crippen molar-refractivity contribution in [2.75, 3.05) is 13.7 Å². The van der Waals surface area contributed by atoms with Crippen molar-refractivity contribution in [1.29, 1.82) is 0 Å². The molecule has 0 spiro atoms. The number of carbonyl (C=O) groups is 1. The van der Waals surface area contributed by atoms with Crippen LogP contribution in [0.25, 0.3) is 5.70 Å². The summed E-state index contributed by atoms with van der Waals surface area (Å²) in [5.41, 5.74) is 5.41. The van der Waals surface area contributed by atoms with Gasteiger partial charge in [-0.25, -0.2) is 0 Å². The fraction of sp³-hybridized carbons (Fsp3) is 0.400. The molecule has 0 bridgehead atoms. The molecule has 2 aromatic rings. The van der Waals surface area contributed by atoms with Crippen LogP contribution in [0.4, 0.5) is 0 Å². The fourth-order valence-electron chi connectivity index (χ4n) is 3.39. The van der Waals surface area contributed by atoms with Crippen LogP contribution in [-0.4, -0.2) is 25.8 Å². The van der Waals surface area contributed by atoms with E-state index in [0.29, 0.717) is 24.2 Å². The van der Waals surface area contributed by atoms with Gasteiger partial charge in [-0.2, -0.15) is 0 Å². The molecule has 3 rings (SSSR count). The van der Waals surface area contributed by atoms with Gasteiger partial charge in [0.25, 0.3) is 0 Å². The molecule has 6 nitrogen and oxygen atoms in total. The highest BCUT2D eigenvalue weighted by Gasteiger charge is 2.16. The highest BCUT2D eigenvalue weighted by molar-refractivity contribution is 5.72. The third-order valence-electron chi connectivity index (χ3n) is 5.05. The Kier molecular flexibility index (Phi) is 8.79. The number of rotatable bonds is 11. The minimum Gasteiger partial charge on any atom is -0.490 e. The van der Waals surface area contributed by atoms with Crippen molar-refractivity contribution in [3.8, 4) is 11.5 Å².